The Kier molecular flexibility index (Phi) is 13.4. The van der Waals surface area contributed by atoms with Crippen LogP contribution < -0.4 is 20.9 Å². The van der Waals surface area contributed by atoms with Gasteiger partial charge in [0.25, 0.3) is 6.43 Å². The van der Waals surface area contributed by atoms with E-state index < -0.39 is 12.1 Å². The molecule has 2 aromatic rings. The highest BCUT2D eigenvalue weighted by atomic mass is 32.2. The van der Waals surface area contributed by atoms with E-state index in [1.54, 1.807) is 13.1 Å². The van der Waals surface area contributed by atoms with Crippen LogP contribution in [0.4, 0.5) is 8.78 Å². The van der Waals surface area contributed by atoms with Gasteiger partial charge >= 0.3 is 0 Å². The number of hydrogen-bond donors (Lipinski definition) is 3. The van der Waals surface area contributed by atoms with Gasteiger partial charge in [-0.15, -0.1) is 0 Å². The fourth-order valence-electron chi connectivity index (χ4n) is 4.20. The second-order valence-corrected chi connectivity index (χ2v) is 10.8. The summed E-state index contributed by atoms with van der Waals surface area (Å²) in [5.74, 6) is 7.68. The number of hydrogen-bond acceptors (Lipinski definition) is 8. The maximum atomic E-state index is 13.6. The first-order chi connectivity index (χ1) is 20.8. The van der Waals surface area contributed by atoms with Gasteiger partial charge in [-0.25, -0.2) is 14.2 Å². The lowest BCUT2D eigenvalue weighted by atomic mass is 9.93. The molecule has 2 heterocycles. The number of aliphatic imine (C=N–C) groups is 1. The number of ketones is 1. The first-order valence-corrected chi connectivity index (χ1v) is 15.4. The van der Waals surface area contributed by atoms with Crippen molar-refractivity contribution in [2.24, 2.45) is 10.9 Å². The molecule has 1 saturated heterocycles. The summed E-state index contributed by atoms with van der Waals surface area (Å²) in [4.78, 5) is 21.7. The van der Waals surface area contributed by atoms with Crippen molar-refractivity contribution in [2.75, 3.05) is 20.7 Å². The van der Waals surface area contributed by atoms with Gasteiger partial charge in [-0.3, -0.25) is 25.5 Å². The Morgan fingerprint density at radius 1 is 1.26 bits per heavy atom. The minimum atomic E-state index is -2.78. The Morgan fingerprint density at radius 2 is 2.02 bits per heavy atom. The minimum absolute atomic E-state index is 0.133. The molecule has 1 aliphatic heterocycles. The molecule has 2 fully saturated rings. The van der Waals surface area contributed by atoms with Crippen LogP contribution in [-0.2, 0) is 11.2 Å². The number of nitrogens with zero attached hydrogens (tertiary/aromatic N) is 2. The van der Waals surface area contributed by atoms with Gasteiger partial charge in [-0.05, 0) is 56.5 Å². The van der Waals surface area contributed by atoms with Gasteiger partial charge in [0.05, 0.1) is 19.1 Å². The van der Waals surface area contributed by atoms with Crippen molar-refractivity contribution < 1.29 is 23.0 Å². The number of rotatable bonds is 12. The lowest BCUT2D eigenvalue weighted by Crippen LogP contribution is -2.31. The minimum Gasteiger partial charge on any atom is -0.494 e. The number of thioether (sulfide) groups is 1. The highest BCUT2D eigenvalue weighted by Gasteiger charge is 2.23. The van der Waals surface area contributed by atoms with E-state index in [0.29, 0.717) is 34.2 Å². The van der Waals surface area contributed by atoms with Crippen LogP contribution in [0.25, 0.3) is 11.1 Å². The van der Waals surface area contributed by atoms with Gasteiger partial charge in [0.15, 0.2) is 17.2 Å². The number of hydrazine groups is 1. The normalized spacial score (nSPS) is 17.8. The number of ether oxygens (including phenoxy) is 2. The zero-order valence-corrected chi connectivity index (χ0v) is 26.4. The Balaban J connectivity index is 0.00000248. The first-order valence-electron chi connectivity index (χ1n) is 14.5. The first kappa shape index (κ1) is 34.0. The van der Waals surface area contributed by atoms with E-state index in [-0.39, 0.29) is 29.7 Å². The zero-order valence-electron chi connectivity index (χ0n) is 25.6. The molecule has 2 atom stereocenters. The third-order valence-electron chi connectivity index (χ3n) is 6.47. The molecule has 1 aromatic carbocycles. The fraction of sp³-hybridized carbons (Fsp3) is 0.469. The SMILES string of the molecule is CC.CC/C=C(\C)OC(Cc1ccc(C(=O)CN=C2NNC(C#CC3CC3)S2)c(-c2cc(C(F)F)ncc2OC)c1)NC. The molecule has 1 aliphatic carbocycles. The van der Waals surface area contributed by atoms with E-state index in [0.717, 1.165) is 30.6 Å². The van der Waals surface area contributed by atoms with Crippen LogP contribution in [-0.4, -0.2) is 48.2 Å². The molecule has 232 valence electrons. The van der Waals surface area contributed by atoms with Crippen LogP contribution in [0.5, 0.6) is 5.75 Å². The standard InChI is InChI=1S/C30H35F2N5O3S.C2H6/c1-5-6-18(2)40-27(33-3)14-20-9-11-21(22(13-20)23-15-24(29(31)32)34-17-26(23)39-4)25(38)16-35-30-37-36-28(41-30)12-10-19-7-8-19;1-2/h6,9,11,13,15,17,19,27-29,33,36H,5,7-8,14,16H2,1-4H3,(H,35,37);1-2H3/b18-6+;. The number of benzene rings is 1. The molecule has 0 amide bonds. The van der Waals surface area contributed by atoms with Crippen molar-refractivity contribution in [3.8, 4) is 28.7 Å². The lowest BCUT2D eigenvalue weighted by molar-refractivity contribution is 0.0942. The summed E-state index contributed by atoms with van der Waals surface area (Å²) >= 11 is 1.41. The monoisotopic (exact) mass is 613 g/mol. The molecule has 0 spiro atoms. The van der Waals surface area contributed by atoms with E-state index in [1.807, 2.05) is 45.9 Å². The molecule has 43 heavy (non-hydrogen) atoms. The number of nitrogens with one attached hydrogen (secondary N) is 3. The molecule has 1 saturated carbocycles. The average Bonchev–Trinajstić information content (AvgIpc) is 3.75. The molecule has 0 radical (unpaired) electrons. The van der Waals surface area contributed by atoms with Crippen molar-refractivity contribution in [1.82, 2.24) is 21.2 Å². The number of carbonyl (C=O) groups excluding carboxylic acids is 1. The number of alkyl halides is 2. The summed E-state index contributed by atoms with van der Waals surface area (Å²) in [6.07, 6.45) is 3.74. The molecule has 4 rings (SSSR count). The number of amidine groups is 1. The van der Waals surface area contributed by atoms with Crippen molar-refractivity contribution in [1.29, 1.82) is 0 Å². The maximum absolute atomic E-state index is 13.6. The fourth-order valence-corrected chi connectivity index (χ4v) is 4.93. The predicted octanol–water partition coefficient (Wildman–Crippen LogP) is 6.26. The number of halogens is 2. The molecule has 0 bridgehead atoms. The van der Waals surface area contributed by atoms with Gasteiger partial charge in [0, 0.05) is 23.5 Å². The highest BCUT2D eigenvalue weighted by Crippen LogP contribution is 2.36. The summed E-state index contributed by atoms with van der Waals surface area (Å²) in [7, 11) is 3.24. The highest BCUT2D eigenvalue weighted by molar-refractivity contribution is 8.14. The molecule has 3 N–H and O–H groups in total. The molecular weight excluding hydrogens is 572 g/mol. The second-order valence-electron chi connectivity index (χ2n) is 9.69. The number of aromatic nitrogens is 1. The number of carbonyl (C=O) groups is 1. The topological polar surface area (TPSA) is 96.9 Å². The van der Waals surface area contributed by atoms with Gasteiger partial charge < -0.3 is 9.47 Å². The van der Waals surface area contributed by atoms with E-state index >= 15 is 0 Å². The molecule has 8 nitrogen and oxygen atoms in total. The number of methoxy groups -OCH3 is 1. The van der Waals surface area contributed by atoms with Gasteiger partial charge in [-0.2, -0.15) is 0 Å². The average molecular weight is 614 g/mol. The van der Waals surface area contributed by atoms with Crippen LogP contribution >= 0.6 is 11.8 Å². The number of pyridine rings is 1. The largest absolute Gasteiger partial charge is 0.494 e. The van der Waals surface area contributed by atoms with Crippen LogP contribution in [0.15, 0.2) is 47.3 Å². The van der Waals surface area contributed by atoms with E-state index in [1.165, 1.54) is 31.1 Å². The summed E-state index contributed by atoms with van der Waals surface area (Å²) in [6, 6.07) is 6.63. The molecule has 1 aromatic heterocycles. The summed E-state index contributed by atoms with van der Waals surface area (Å²) in [6.45, 7) is 7.79. The Morgan fingerprint density at radius 3 is 2.67 bits per heavy atom. The maximum Gasteiger partial charge on any atom is 0.280 e. The number of allylic oxidation sites excluding steroid dienone is 2. The number of Topliss-reactive ketones (excluding diaryl/α,β-unsaturated/α-hetero) is 1. The Labute approximate surface area is 257 Å². The lowest BCUT2D eigenvalue weighted by Gasteiger charge is -2.20. The van der Waals surface area contributed by atoms with Crippen LogP contribution in [0.3, 0.4) is 0 Å². The van der Waals surface area contributed by atoms with Gasteiger partial charge in [-0.1, -0.05) is 62.6 Å². The van der Waals surface area contributed by atoms with E-state index in [2.05, 4.69) is 38.0 Å². The van der Waals surface area contributed by atoms with Crippen LogP contribution in [0.2, 0.25) is 0 Å². The van der Waals surface area contributed by atoms with Crippen molar-refractivity contribution in [3.05, 3.63) is 59.1 Å². The Hall–Kier alpha value is -3.46. The third-order valence-corrected chi connectivity index (χ3v) is 7.40. The summed E-state index contributed by atoms with van der Waals surface area (Å²) in [5, 5.41) is 3.58. The van der Waals surface area contributed by atoms with Crippen LogP contribution in [0, 0.1) is 17.8 Å². The van der Waals surface area contributed by atoms with Crippen molar-refractivity contribution in [3.63, 3.8) is 0 Å². The predicted molar refractivity (Wildman–Crippen MR) is 169 cm³/mol. The van der Waals surface area contributed by atoms with Crippen LogP contribution in [0.1, 0.15) is 75.0 Å². The molecule has 2 unspecified atom stereocenters. The van der Waals surface area contributed by atoms with Crippen molar-refractivity contribution >= 4 is 22.7 Å². The summed E-state index contributed by atoms with van der Waals surface area (Å²) < 4.78 is 38.7. The second kappa shape index (κ2) is 17.0. The van der Waals surface area contributed by atoms with Gasteiger partial charge in [0.1, 0.15) is 23.4 Å². The molecular formula is C32H41F2N5O3S. The van der Waals surface area contributed by atoms with E-state index in [9.17, 15) is 13.6 Å². The van der Waals surface area contributed by atoms with Gasteiger partial charge in [0.2, 0.25) is 0 Å². The van der Waals surface area contributed by atoms with E-state index in [4.69, 9.17) is 9.47 Å². The quantitative estimate of drug-likeness (QED) is 0.112. The zero-order chi connectivity index (χ0) is 31.4. The number of likely N-dealkylation sites (N-methyl/N-ethyl adjacent to an activating group) is 1. The molecule has 11 heteroatoms. The summed E-state index contributed by atoms with van der Waals surface area (Å²) in [5.41, 5.74) is 7.62. The van der Waals surface area contributed by atoms with Crippen molar-refractivity contribution in [2.45, 2.75) is 71.4 Å². The smallest absolute Gasteiger partial charge is 0.280 e. The molecule has 2 aliphatic rings. The Bertz CT molecular complexity index is 1370. The third kappa shape index (κ3) is 10.1.